The van der Waals surface area contributed by atoms with Crippen molar-refractivity contribution in [1.82, 2.24) is 0 Å². The predicted molar refractivity (Wildman–Crippen MR) is 91.9 cm³/mol. The number of rotatable bonds is 4. The first-order chi connectivity index (χ1) is 10.0. The molecule has 108 valence electrons. The molecular formula is C15H11Br2ClN2O. The maximum Gasteiger partial charge on any atom is 0.147 e. The Morgan fingerprint density at radius 2 is 1.90 bits per heavy atom. The van der Waals surface area contributed by atoms with Crippen LogP contribution in [-0.2, 0) is 6.54 Å². The molecule has 0 atom stereocenters. The van der Waals surface area contributed by atoms with Crippen LogP contribution in [0.5, 0.6) is 5.75 Å². The highest BCUT2D eigenvalue weighted by Crippen LogP contribution is 2.34. The molecule has 0 fully saturated rings. The number of anilines is 1. The van der Waals surface area contributed by atoms with Crippen molar-refractivity contribution in [2.75, 3.05) is 12.4 Å². The fourth-order valence-electron chi connectivity index (χ4n) is 1.83. The normalized spacial score (nSPS) is 10.0. The van der Waals surface area contributed by atoms with E-state index in [9.17, 15) is 0 Å². The Hall–Kier alpha value is -1.22. The first kappa shape index (κ1) is 16.2. The second-order valence-electron chi connectivity index (χ2n) is 4.25. The van der Waals surface area contributed by atoms with Crippen LogP contribution in [0.3, 0.4) is 0 Å². The minimum absolute atomic E-state index is 0.456. The minimum atomic E-state index is 0.456. The fourth-order valence-corrected chi connectivity index (χ4v) is 3.60. The number of ether oxygens (including phenoxy) is 1. The van der Waals surface area contributed by atoms with Crippen LogP contribution in [0, 0.1) is 11.3 Å². The Bertz CT molecular complexity index is 690. The van der Waals surface area contributed by atoms with Gasteiger partial charge in [-0.2, -0.15) is 5.26 Å². The van der Waals surface area contributed by atoms with E-state index in [0.717, 1.165) is 25.9 Å². The third-order valence-electron chi connectivity index (χ3n) is 2.85. The van der Waals surface area contributed by atoms with Crippen LogP contribution in [0.4, 0.5) is 5.69 Å². The standard InChI is InChI=1S/C15H11Br2ClN2O/c1-21-15-12(16)4-9(5-13(15)17)8-20-11-2-3-14(18)10(6-11)7-19/h2-6,20H,8H2,1H3. The number of benzene rings is 2. The number of hydrogen-bond acceptors (Lipinski definition) is 3. The number of nitrogens with one attached hydrogen (secondary N) is 1. The quantitative estimate of drug-likeness (QED) is 0.711. The Morgan fingerprint density at radius 1 is 1.24 bits per heavy atom. The summed E-state index contributed by atoms with van der Waals surface area (Å²) in [7, 11) is 1.62. The highest BCUT2D eigenvalue weighted by atomic mass is 79.9. The van der Waals surface area contributed by atoms with Crippen molar-refractivity contribution >= 4 is 49.1 Å². The summed E-state index contributed by atoms with van der Waals surface area (Å²) in [5.74, 6) is 0.761. The number of nitriles is 1. The molecule has 2 aromatic rings. The Kier molecular flexibility index (Phi) is 5.51. The highest BCUT2D eigenvalue weighted by molar-refractivity contribution is 9.11. The van der Waals surface area contributed by atoms with E-state index in [2.05, 4.69) is 43.2 Å². The van der Waals surface area contributed by atoms with Crippen LogP contribution in [0.1, 0.15) is 11.1 Å². The van der Waals surface area contributed by atoms with E-state index in [1.54, 1.807) is 19.2 Å². The third-order valence-corrected chi connectivity index (χ3v) is 4.35. The van der Waals surface area contributed by atoms with Crippen LogP contribution in [0.25, 0.3) is 0 Å². The van der Waals surface area contributed by atoms with Gasteiger partial charge in [0.05, 0.1) is 26.6 Å². The zero-order valence-corrected chi connectivity index (χ0v) is 15.0. The van der Waals surface area contributed by atoms with E-state index in [0.29, 0.717) is 17.1 Å². The smallest absolute Gasteiger partial charge is 0.147 e. The van der Waals surface area contributed by atoms with Crippen LogP contribution < -0.4 is 10.1 Å². The molecule has 1 N–H and O–H groups in total. The third kappa shape index (κ3) is 3.91. The zero-order valence-electron chi connectivity index (χ0n) is 11.1. The first-order valence-electron chi connectivity index (χ1n) is 6.00. The van der Waals surface area contributed by atoms with Crippen LogP contribution in [0.2, 0.25) is 5.02 Å². The van der Waals surface area contributed by atoms with Crippen LogP contribution in [-0.4, -0.2) is 7.11 Å². The van der Waals surface area contributed by atoms with Gasteiger partial charge in [-0.25, -0.2) is 0 Å². The molecule has 0 saturated carbocycles. The molecule has 0 heterocycles. The average Bonchev–Trinajstić information content (AvgIpc) is 2.46. The SMILES string of the molecule is COc1c(Br)cc(CNc2ccc(Cl)c(C#N)c2)cc1Br. The second kappa shape index (κ2) is 7.17. The molecular weight excluding hydrogens is 419 g/mol. The molecule has 0 aromatic heterocycles. The molecule has 2 aromatic carbocycles. The average molecular weight is 431 g/mol. The van der Waals surface area contributed by atoms with Crippen molar-refractivity contribution in [2.24, 2.45) is 0 Å². The molecule has 0 aliphatic rings. The Labute approximate surface area is 145 Å². The summed E-state index contributed by atoms with van der Waals surface area (Å²) in [6, 6.07) is 11.3. The molecule has 0 aliphatic carbocycles. The fraction of sp³-hybridized carbons (Fsp3) is 0.133. The maximum absolute atomic E-state index is 8.97. The molecule has 2 rings (SSSR count). The van der Waals surface area contributed by atoms with Crippen molar-refractivity contribution in [3.63, 3.8) is 0 Å². The molecule has 6 heteroatoms. The van der Waals surface area contributed by atoms with E-state index in [1.165, 1.54) is 0 Å². The topological polar surface area (TPSA) is 45.0 Å². The van der Waals surface area contributed by atoms with Gasteiger partial charge in [-0.3, -0.25) is 0 Å². The van der Waals surface area contributed by atoms with Gasteiger partial charge in [0.1, 0.15) is 11.8 Å². The molecule has 3 nitrogen and oxygen atoms in total. The van der Waals surface area contributed by atoms with Crippen molar-refractivity contribution in [3.8, 4) is 11.8 Å². The predicted octanol–water partition coefficient (Wildman–Crippen LogP) is 5.36. The number of hydrogen-bond donors (Lipinski definition) is 1. The van der Waals surface area contributed by atoms with Gasteiger partial charge in [-0.1, -0.05) is 11.6 Å². The molecule has 0 radical (unpaired) electrons. The molecule has 0 spiro atoms. The largest absolute Gasteiger partial charge is 0.494 e. The van der Waals surface area contributed by atoms with Crippen molar-refractivity contribution in [3.05, 3.63) is 55.4 Å². The number of nitrogens with zero attached hydrogens (tertiary/aromatic N) is 1. The zero-order chi connectivity index (χ0) is 15.4. The van der Waals surface area contributed by atoms with Gasteiger partial charge < -0.3 is 10.1 Å². The minimum Gasteiger partial charge on any atom is -0.494 e. The molecule has 0 unspecified atom stereocenters. The van der Waals surface area contributed by atoms with Gasteiger partial charge in [0.2, 0.25) is 0 Å². The summed E-state index contributed by atoms with van der Waals surface area (Å²) in [5.41, 5.74) is 2.38. The lowest BCUT2D eigenvalue weighted by Gasteiger charge is -2.11. The monoisotopic (exact) mass is 428 g/mol. The lowest BCUT2D eigenvalue weighted by Crippen LogP contribution is -2.00. The van der Waals surface area contributed by atoms with Crippen molar-refractivity contribution < 1.29 is 4.74 Å². The van der Waals surface area contributed by atoms with Gasteiger partial charge >= 0.3 is 0 Å². The first-order valence-corrected chi connectivity index (χ1v) is 7.97. The summed E-state index contributed by atoms with van der Waals surface area (Å²) in [4.78, 5) is 0. The molecule has 0 saturated heterocycles. The van der Waals surface area contributed by atoms with Gasteiger partial charge in [0, 0.05) is 12.2 Å². The summed E-state index contributed by atoms with van der Waals surface area (Å²) in [5, 5.41) is 12.7. The van der Waals surface area contributed by atoms with E-state index < -0.39 is 0 Å². The molecule has 0 aliphatic heterocycles. The van der Waals surface area contributed by atoms with Crippen LogP contribution >= 0.6 is 43.5 Å². The Morgan fingerprint density at radius 3 is 2.48 bits per heavy atom. The maximum atomic E-state index is 8.97. The van der Waals surface area contributed by atoms with E-state index in [1.807, 2.05) is 18.2 Å². The lowest BCUT2D eigenvalue weighted by atomic mass is 10.2. The van der Waals surface area contributed by atoms with Gasteiger partial charge in [0.15, 0.2) is 0 Å². The Balaban J connectivity index is 2.15. The molecule has 21 heavy (non-hydrogen) atoms. The number of halogens is 3. The van der Waals surface area contributed by atoms with E-state index in [4.69, 9.17) is 21.6 Å². The van der Waals surface area contributed by atoms with Crippen molar-refractivity contribution in [2.45, 2.75) is 6.54 Å². The molecule has 0 amide bonds. The summed E-state index contributed by atoms with van der Waals surface area (Å²) in [6.45, 7) is 0.619. The van der Waals surface area contributed by atoms with Crippen LogP contribution in [0.15, 0.2) is 39.3 Å². The van der Waals surface area contributed by atoms with Gasteiger partial charge in [0.25, 0.3) is 0 Å². The second-order valence-corrected chi connectivity index (χ2v) is 6.37. The van der Waals surface area contributed by atoms with Gasteiger partial charge in [-0.15, -0.1) is 0 Å². The lowest BCUT2D eigenvalue weighted by molar-refractivity contribution is 0.409. The summed E-state index contributed by atoms with van der Waals surface area (Å²) < 4.78 is 7.03. The molecule has 0 bridgehead atoms. The van der Waals surface area contributed by atoms with E-state index >= 15 is 0 Å². The van der Waals surface area contributed by atoms with E-state index in [-0.39, 0.29) is 0 Å². The van der Waals surface area contributed by atoms with Crippen molar-refractivity contribution in [1.29, 1.82) is 5.26 Å². The highest BCUT2D eigenvalue weighted by Gasteiger charge is 2.08. The summed E-state index contributed by atoms with van der Waals surface area (Å²) in [6.07, 6.45) is 0. The summed E-state index contributed by atoms with van der Waals surface area (Å²) >= 11 is 12.9. The van der Waals surface area contributed by atoms with Gasteiger partial charge in [-0.05, 0) is 67.8 Å². The number of methoxy groups -OCH3 is 1.